The molecular formula is C25H37N9O. The van der Waals surface area contributed by atoms with Crippen LogP contribution in [0.15, 0.2) is 24.5 Å². The number of piperazine rings is 1. The number of aryl methyl sites for hydroxylation is 2. The highest BCUT2D eigenvalue weighted by Crippen LogP contribution is 2.26. The molecule has 188 valence electrons. The number of amides is 1. The fourth-order valence-electron chi connectivity index (χ4n) is 4.94. The van der Waals surface area contributed by atoms with E-state index in [2.05, 4.69) is 68.6 Å². The maximum Gasteiger partial charge on any atom is 0.230 e. The summed E-state index contributed by atoms with van der Waals surface area (Å²) in [5.74, 6) is 1.37. The van der Waals surface area contributed by atoms with Gasteiger partial charge in [-0.2, -0.15) is 4.98 Å². The van der Waals surface area contributed by atoms with Crippen LogP contribution in [0.3, 0.4) is 0 Å². The predicted octanol–water partition coefficient (Wildman–Crippen LogP) is 2.55. The minimum atomic E-state index is 0.250. The highest BCUT2D eigenvalue weighted by molar-refractivity contribution is 5.84. The first kappa shape index (κ1) is 24.7. The second-order valence-corrected chi connectivity index (χ2v) is 9.09. The zero-order valence-corrected chi connectivity index (χ0v) is 21.1. The van der Waals surface area contributed by atoms with Gasteiger partial charge in [0.2, 0.25) is 12.4 Å². The van der Waals surface area contributed by atoms with E-state index in [1.165, 1.54) is 30.5 Å². The molecule has 5 rings (SSSR count). The topological polar surface area (TPSA) is 108 Å². The quantitative estimate of drug-likeness (QED) is 0.538. The average Bonchev–Trinajstić information content (AvgIpc) is 3.22. The van der Waals surface area contributed by atoms with Crippen molar-refractivity contribution in [3.63, 3.8) is 0 Å². The van der Waals surface area contributed by atoms with Gasteiger partial charge in [0.05, 0.1) is 17.6 Å². The fourth-order valence-corrected chi connectivity index (χ4v) is 4.94. The van der Waals surface area contributed by atoms with Crippen LogP contribution in [-0.4, -0.2) is 76.8 Å². The maximum atomic E-state index is 8.58. The van der Waals surface area contributed by atoms with Gasteiger partial charge in [0.15, 0.2) is 5.65 Å². The molecule has 0 atom stereocenters. The summed E-state index contributed by atoms with van der Waals surface area (Å²) in [4.78, 5) is 27.8. The van der Waals surface area contributed by atoms with Crippen LogP contribution in [0, 0.1) is 13.8 Å². The summed E-state index contributed by atoms with van der Waals surface area (Å²) in [5, 5.41) is 6.88. The Morgan fingerprint density at radius 3 is 2.37 bits per heavy atom. The van der Waals surface area contributed by atoms with E-state index < -0.39 is 0 Å². The number of likely N-dealkylation sites (N-methyl/N-ethyl adjacent to an activating group) is 1. The van der Waals surface area contributed by atoms with Crippen molar-refractivity contribution in [2.24, 2.45) is 5.73 Å². The number of nitrogens with one attached hydrogen (secondary N) is 1. The average molecular weight is 480 g/mol. The number of hydrogen-bond donors (Lipinski definition) is 2. The summed E-state index contributed by atoms with van der Waals surface area (Å²) in [6, 6.07) is 4.17. The molecule has 2 saturated heterocycles. The molecule has 2 fully saturated rings. The molecule has 35 heavy (non-hydrogen) atoms. The van der Waals surface area contributed by atoms with E-state index >= 15 is 0 Å². The zero-order valence-electron chi connectivity index (χ0n) is 21.1. The molecule has 10 heteroatoms. The number of carbonyl (C=O) groups excluding carboxylic acids is 1. The summed E-state index contributed by atoms with van der Waals surface area (Å²) in [6.45, 7) is 14.0. The van der Waals surface area contributed by atoms with Crippen LogP contribution >= 0.6 is 0 Å². The van der Waals surface area contributed by atoms with E-state index in [-0.39, 0.29) is 6.41 Å². The van der Waals surface area contributed by atoms with E-state index in [0.717, 1.165) is 68.4 Å². The normalized spacial score (nSPS) is 16.7. The van der Waals surface area contributed by atoms with Crippen LogP contribution in [0.4, 0.5) is 17.5 Å². The largest absolute Gasteiger partial charge is 0.372 e. The predicted molar refractivity (Wildman–Crippen MR) is 141 cm³/mol. The van der Waals surface area contributed by atoms with Gasteiger partial charge >= 0.3 is 0 Å². The van der Waals surface area contributed by atoms with Gasteiger partial charge in [-0.05, 0) is 57.4 Å². The van der Waals surface area contributed by atoms with E-state index in [1.807, 2.05) is 12.3 Å². The van der Waals surface area contributed by atoms with Gasteiger partial charge in [0, 0.05) is 50.9 Å². The van der Waals surface area contributed by atoms with Crippen LogP contribution < -0.4 is 21.0 Å². The molecule has 0 unspecified atom stereocenters. The highest BCUT2D eigenvalue weighted by Gasteiger charge is 2.19. The number of fused-ring (bicyclic) bond motifs is 1. The number of primary amides is 1. The van der Waals surface area contributed by atoms with Gasteiger partial charge in [0.1, 0.15) is 5.82 Å². The van der Waals surface area contributed by atoms with Gasteiger partial charge in [-0.1, -0.05) is 6.92 Å². The molecule has 5 heterocycles. The minimum absolute atomic E-state index is 0.250. The third kappa shape index (κ3) is 5.64. The molecule has 10 nitrogen and oxygen atoms in total. The van der Waals surface area contributed by atoms with Crippen molar-refractivity contribution in [2.75, 3.05) is 61.0 Å². The van der Waals surface area contributed by atoms with Crippen molar-refractivity contribution >= 4 is 34.9 Å². The Hall–Kier alpha value is -3.40. The molecule has 0 radical (unpaired) electrons. The van der Waals surface area contributed by atoms with Crippen molar-refractivity contribution in [2.45, 2.75) is 40.0 Å². The lowest BCUT2D eigenvalue weighted by Gasteiger charge is -2.35. The highest BCUT2D eigenvalue weighted by atomic mass is 16.1. The van der Waals surface area contributed by atoms with Crippen molar-refractivity contribution in [1.82, 2.24) is 24.5 Å². The van der Waals surface area contributed by atoms with Crippen molar-refractivity contribution in [3.05, 3.63) is 35.8 Å². The zero-order chi connectivity index (χ0) is 24.8. The Kier molecular flexibility index (Phi) is 8.02. The van der Waals surface area contributed by atoms with Gasteiger partial charge in [-0.25, -0.2) is 14.6 Å². The Morgan fingerprint density at radius 1 is 1.03 bits per heavy atom. The molecule has 0 spiro atoms. The first-order valence-electron chi connectivity index (χ1n) is 12.5. The van der Waals surface area contributed by atoms with Crippen LogP contribution in [0.5, 0.6) is 0 Å². The van der Waals surface area contributed by atoms with Crippen molar-refractivity contribution < 1.29 is 4.79 Å². The van der Waals surface area contributed by atoms with E-state index in [0.29, 0.717) is 5.95 Å². The van der Waals surface area contributed by atoms with Crippen LogP contribution in [-0.2, 0) is 4.79 Å². The standard InChI is InChI=1S/C24H34N8.CH3NO/c1-4-29-12-14-30(15-13-29)20-8-9-21(25-16-20)27-24-26-19(3)22-18(2)17-32(23(22)28-24)31-10-6-5-7-11-31;2-1-3/h8-9,16-17H,4-7,10-15H2,1-3H3,(H,25,26,27,28);1H,(H2,2,3). The molecule has 3 aromatic heterocycles. The number of nitrogens with zero attached hydrogens (tertiary/aromatic N) is 7. The van der Waals surface area contributed by atoms with E-state index in [9.17, 15) is 0 Å². The number of carbonyl (C=O) groups is 1. The van der Waals surface area contributed by atoms with Gasteiger partial charge in [-0.15, -0.1) is 0 Å². The lowest BCUT2D eigenvalue weighted by molar-refractivity contribution is -0.106. The molecule has 0 saturated carbocycles. The smallest absolute Gasteiger partial charge is 0.230 e. The number of nitrogens with two attached hydrogens (primary N) is 1. The Balaban J connectivity index is 0.000000917. The van der Waals surface area contributed by atoms with Crippen LogP contribution in [0.1, 0.15) is 37.4 Å². The number of aromatic nitrogens is 4. The fraction of sp³-hybridized carbons (Fsp3) is 0.520. The molecule has 3 N–H and O–H groups in total. The lowest BCUT2D eigenvalue weighted by atomic mass is 10.2. The van der Waals surface area contributed by atoms with Gasteiger partial charge in [-0.3, -0.25) is 4.79 Å². The molecule has 0 bridgehead atoms. The molecule has 0 aromatic carbocycles. The number of pyridine rings is 1. The van der Waals surface area contributed by atoms with E-state index in [4.69, 9.17) is 14.8 Å². The third-order valence-corrected chi connectivity index (χ3v) is 6.81. The van der Waals surface area contributed by atoms with Gasteiger partial charge in [0.25, 0.3) is 0 Å². The summed E-state index contributed by atoms with van der Waals surface area (Å²) < 4.78 is 2.23. The second-order valence-electron chi connectivity index (χ2n) is 9.09. The SMILES string of the molecule is CCN1CCN(c2ccc(Nc3nc(C)c4c(C)cn(N5CCCCC5)c4n3)nc2)CC1.NC=O. The Morgan fingerprint density at radius 2 is 1.74 bits per heavy atom. The number of piperidine rings is 1. The summed E-state index contributed by atoms with van der Waals surface area (Å²) in [6.07, 6.45) is 8.18. The molecule has 2 aliphatic rings. The molecule has 0 aliphatic carbocycles. The molecule has 2 aliphatic heterocycles. The summed E-state index contributed by atoms with van der Waals surface area (Å²) in [7, 11) is 0. The van der Waals surface area contributed by atoms with Crippen molar-refractivity contribution in [1.29, 1.82) is 0 Å². The summed E-state index contributed by atoms with van der Waals surface area (Å²) >= 11 is 0. The lowest BCUT2D eigenvalue weighted by Crippen LogP contribution is -2.46. The Labute approximate surface area is 207 Å². The van der Waals surface area contributed by atoms with Crippen molar-refractivity contribution in [3.8, 4) is 0 Å². The third-order valence-electron chi connectivity index (χ3n) is 6.81. The number of hydrogen-bond acceptors (Lipinski definition) is 8. The molecular weight excluding hydrogens is 442 g/mol. The molecule has 1 amide bonds. The van der Waals surface area contributed by atoms with Gasteiger partial charge < -0.3 is 25.9 Å². The second kappa shape index (κ2) is 11.4. The van der Waals surface area contributed by atoms with Crippen LogP contribution in [0.25, 0.3) is 11.0 Å². The minimum Gasteiger partial charge on any atom is -0.372 e. The Bertz CT molecular complexity index is 1110. The maximum absolute atomic E-state index is 8.58. The van der Waals surface area contributed by atoms with Crippen LogP contribution in [0.2, 0.25) is 0 Å². The summed E-state index contributed by atoms with van der Waals surface area (Å²) in [5.41, 5.74) is 8.54. The molecule has 3 aromatic rings. The van der Waals surface area contributed by atoms with E-state index in [1.54, 1.807) is 0 Å². The first-order valence-corrected chi connectivity index (χ1v) is 12.5. The first-order chi connectivity index (χ1) is 17.0. The monoisotopic (exact) mass is 479 g/mol. The number of rotatable bonds is 5. The number of anilines is 3.